The number of ether oxygens (including phenoxy) is 1. The monoisotopic (exact) mass is 143 g/mol. The summed E-state index contributed by atoms with van der Waals surface area (Å²) in [6.07, 6.45) is -0.739. The molecular formula is C2H3Cl2NO2. The molecule has 1 N–H and O–H groups in total. The molecule has 0 rings (SSSR count). The molecule has 0 unspecified atom stereocenters. The normalized spacial score (nSPS) is 7.71. The van der Waals surface area contributed by atoms with Gasteiger partial charge in [0.05, 0.1) is 0 Å². The Kier molecular flexibility index (Phi) is 3.93. The van der Waals surface area contributed by atoms with Crippen LogP contribution in [0.3, 0.4) is 0 Å². The highest BCUT2D eigenvalue weighted by Gasteiger charge is 1.92. The maximum Gasteiger partial charge on any atom is 0.423 e. The molecule has 7 heavy (non-hydrogen) atoms. The van der Waals surface area contributed by atoms with Gasteiger partial charge in [-0.05, 0) is 0 Å². The van der Waals surface area contributed by atoms with Crippen molar-refractivity contribution in [2.24, 2.45) is 0 Å². The largest absolute Gasteiger partial charge is 0.432 e. The Morgan fingerprint density at radius 1 is 1.86 bits per heavy atom. The standard InChI is InChI=1S/C2H3Cl2NO2/c3-1-7-2(6)5-4/h1H2,(H,5,6). The Balaban J connectivity index is 3.00. The second-order valence-corrected chi connectivity index (χ2v) is 1.04. The first-order chi connectivity index (χ1) is 3.31. The third-order valence-corrected chi connectivity index (χ3v) is 0.526. The maximum absolute atomic E-state index is 9.86. The van der Waals surface area contributed by atoms with Crippen LogP contribution in [0.5, 0.6) is 0 Å². The quantitative estimate of drug-likeness (QED) is 0.441. The summed E-state index contributed by atoms with van der Waals surface area (Å²) in [6.45, 7) is 0. The fourth-order valence-electron chi connectivity index (χ4n) is 0.0768. The molecule has 0 aromatic heterocycles. The lowest BCUT2D eigenvalue weighted by atomic mass is 11.2. The number of nitrogens with one attached hydrogen (secondary N) is 1. The predicted octanol–water partition coefficient (Wildman–Crippen LogP) is 1.06. The highest BCUT2D eigenvalue weighted by atomic mass is 35.5. The topological polar surface area (TPSA) is 38.3 Å². The van der Waals surface area contributed by atoms with Crippen molar-refractivity contribution < 1.29 is 9.53 Å². The molecule has 0 aliphatic heterocycles. The van der Waals surface area contributed by atoms with Crippen LogP contribution in [0, 0.1) is 0 Å². The lowest BCUT2D eigenvalue weighted by molar-refractivity contribution is 0.171. The van der Waals surface area contributed by atoms with E-state index in [1.54, 1.807) is 4.84 Å². The van der Waals surface area contributed by atoms with E-state index in [2.05, 4.69) is 4.74 Å². The van der Waals surface area contributed by atoms with E-state index in [1.807, 2.05) is 0 Å². The van der Waals surface area contributed by atoms with Crippen molar-refractivity contribution in [3.05, 3.63) is 0 Å². The van der Waals surface area contributed by atoms with E-state index in [-0.39, 0.29) is 6.07 Å². The molecule has 5 heteroatoms. The second kappa shape index (κ2) is 4.02. The van der Waals surface area contributed by atoms with Gasteiger partial charge in [0, 0.05) is 11.8 Å². The Morgan fingerprint density at radius 3 is 2.57 bits per heavy atom. The molecule has 42 valence electrons. The molecule has 0 aromatic carbocycles. The van der Waals surface area contributed by atoms with E-state index >= 15 is 0 Å². The van der Waals surface area contributed by atoms with E-state index in [1.165, 1.54) is 0 Å². The Hall–Kier alpha value is -0.150. The molecule has 0 atom stereocenters. The van der Waals surface area contributed by atoms with Crippen molar-refractivity contribution in [3.8, 4) is 0 Å². The van der Waals surface area contributed by atoms with Crippen LogP contribution in [0.2, 0.25) is 0 Å². The fraction of sp³-hybridized carbons (Fsp3) is 0.500. The lowest BCUT2D eigenvalue weighted by Gasteiger charge is -1.92. The first kappa shape index (κ1) is 6.85. The zero-order valence-electron chi connectivity index (χ0n) is 3.28. The van der Waals surface area contributed by atoms with Crippen molar-refractivity contribution in [3.63, 3.8) is 0 Å². The number of halogens is 2. The van der Waals surface area contributed by atoms with Gasteiger partial charge in [-0.2, -0.15) is 0 Å². The van der Waals surface area contributed by atoms with E-state index in [0.29, 0.717) is 0 Å². The van der Waals surface area contributed by atoms with Crippen LogP contribution in [0.4, 0.5) is 4.79 Å². The molecule has 0 fully saturated rings. The molecule has 1 amide bonds. The van der Waals surface area contributed by atoms with Gasteiger partial charge in [0.1, 0.15) is 0 Å². The zero-order chi connectivity index (χ0) is 5.70. The van der Waals surface area contributed by atoms with Crippen LogP contribution >= 0.6 is 23.4 Å². The van der Waals surface area contributed by atoms with E-state index in [4.69, 9.17) is 23.4 Å². The molecule has 0 spiro atoms. The fourth-order valence-corrected chi connectivity index (χ4v) is 0.230. The Labute approximate surface area is 50.6 Å². The van der Waals surface area contributed by atoms with Gasteiger partial charge in [-0.15, -0.1) is 0 Å². The highest BCUT2D eigenvalue weighted by molar-refractivity contribution is 6.21. The number of rotatable bonds is 1. The molecule has 0 heterocycles. The number of carbonyl (C=O) groups is 1. The Bertz CT molecular complexity index is 66.7. The molecular weight excluding hydrogens is 141 g/mol. The van der Waals surface area contributed by atoms with Crippen LogP contribution in [0.1, 0.15) is 0 Å². The minimum atomic E-state index is -0.739. The van der Waals surface area contributed by atoms with Gasteiger partial charge in [0.15, 0.2) is 6.07 Å². The van der Waals surface area contributed by atoms with Gasteiger partial charge in [-0.1, -0.05) is 11.6 Å². The number of carbonyl (C=O) groups excluding carboxylic acids is 1. The molecule has 0 aliphatic rings. The zero-order valence-corrected chi connectivity index (χ0v) is 4.79. The van der Waals surface area contributed by atoms with Crippen LogP contribution in [-0.2, 0) is 4.74 Å². The van der Waals surface area contributed by atoms with Gasteiger partial charge in [-0.3, -0.25) is 0 Å². The molecule has 0 aliphatic carbocycles. The smallest absolute Gasteiger partial charge is 0.423 e. The summed E-state index contributed by atoms with van der Waals surface area (Å²) < 4.78 is 4.07. The van der Waals surface area contributed by atoms with Crippen LogP contribution in [-0.4, -0.2) is 12.2 Å². The van der Waals surface area contributed by atoms with Crippen molar-refractivity contribution >= 4 is 29.5 Å². The van der Waals surface area contributed by atoms with Crippen molar-refractivity contribution in [2.75, 3.05) is 6.07 Å². The summed E-state index contributed by atoms with van der Waals surface area (Å²) in [4.78, 5) is 11.6. The summed E-state index contributed by atoms with van der Waals surface area (Å²) in [5.41, 5.74) is 0. The van der Waals surface area contributed by atoms with Crippen molar-refractivity contribution in [1.82, 2.24) is 4.84 Å². The van der Waals surface area contributed by atoms with Gasteiger partial charge in [-0.25, -0.2) is 9.63 Å². The van der Waals surface area contributed by atoms with Crippen molar-refractivity contribution in [1.29, 1.82) is 0 Å². The molecule has 0 bridgehead atoms. The molecule has 0 aromatic rings. The van der Waals surface area contributed by atoms with Crippen molar-refractivity contribution in [2.45, 2.75) is 0 Å². The minimum Gasteiger partial charge on any atom is -0.432 e. The summed E-state index contributed by atoms with van der Waals surface area (Å²) in [6, 6.07) is -0.182. The average molecular weight is 144 g/mol. The van der Waals surface area contributed by atoms with Gasteiger partial charge in [0.2, 0.25) is 0 Å². The molecule has 0 saturated carbocycles. The molecule has 3 nitrogen and oxygen atoms in total. The van der Waals surface area contributed by atoms with Gasteiger partial charge < -0.3 is 4.74 Å². The van der Waals surface area contributed by atoms with Gasteiger partial charge >= 0.3 is 6.09 Å². The number of alkyl halides is 1. The summed E-state index contributed by atoms with van der Waals surface area (Å²) in [7, 11) is 0. The SMILES string of the molecule is O=C(NCl)OCCl. The van der Waals surface area contributed by atoms with E-state index in [9.17, 15) is 4.79 Å². The summed E-state index contributed by atoms with van der Waals surface area (Å²) in [5, 5.41) is 0. The highest BCUT2D eigenvalue weighted by Crippen LogP contribution is 1.80. The molecule has 0 saturated heterocycles. The Morgan fingerprint density at radius 2 is 2.43 bits per heavy atom. The third kappa shape index (κ3) is 3.69. The molecule has 0 radical (unpaired) electrons. The summed E-state index contributed by atoms with van der Waals surface area (Å²) in [5.74, 6) is 0. The van der Waals surface area contributed by atoms with Crippen LogP contribution in [0.15, 0.2) is 0 Å². The van der Waals surface area contributed by atoms with Crippen LogP contribution < -0.4 is 4.84 Å². The first-order valence-corrected chi connectivity index (χ1v) is 2.32. The first-order valence-electron chi connectivity index (χ1n) is 1.40. The van der Waals surface area contributed by atoms with Gasteiger partial charge in [0.25, 0.3) is 0 Å². The maximum atomic E-state index is 9.86. The second-order valence-electron chi connectivity index (χ2n) is 0.635. The number of hydrogen-bond donors (Lipinski definition) is 1. The number of hydrogen-bond acceptors (Lipinski definition) is 2. The number of amides is 1. The average Bonchev–Trinajstić information content (AvgIpc) is 1.68. The predicted molar refractivity (Wildman–Crippen MR) is 26.2 cm³/mol. The lowest BCUT2D eigenvalue weighted by Crippen LogP contribution is -2.12. The van der Waals surface area contributed by atoms with E-state index in [0.717, 1.165) is 0 Å². The minimum absolute atomic E-state index is 0.182. The third-order valence-electron chi connectivity index (χ3n) is 0.263. The van der Waals surface area contributed by atoms with Crippen LogP contribution in [0.25, 0.3) is 0 Å². The van der Waals surface area contributed by atoms with E-state index < -0.39 is 6.09 Å². The summed E-state index contributed by atoms with van der Waals surface area (Å²) >= 11 is 9.68.